The molecule has 0 spiro atoms. The van der Waals surface area contributed by atoms with Crippen molar-refractivity contribution < 1.29 is 4.52 Å². The van der Waals surface area contributed by atoms with Crippen LogP contribution in [0.25, 0.3) is 10.9 Å². The van der Waals surface area contributed by atoms with Crippen LogP contribution in [0.4, 0.5) is 0 Å². The summed E-state index contributed by atoms with van der Waals surface area (Å²) in [6.07, 6.45) is 1.77. The zero-order valence-electron chi connectivity index (χ0n) is 10.9. The van der Waals surface area contributed by atoms with E-state index in [9.17, 15) is 0 Å². The molecule has 0 bridgehead atoms. The summed E-state index contributed by atoms with van der Waals surface area (Å²) in [5, 5.41) is 8.79. The van der Waals surface area contributed by atoms with E-state index in [2.05, 4.69) is 20.4 Å². The minimum Gasteiger partial charge on any atom is -0.340 e. The summed E-state index contributed by atoms with van der Waals surface area (Å²) in [5.41, 5.74) is 2.00. The first kappa shape index (κ1) is 13.0. The number of aryl methyl sites for hydroxylation is 1. The standard InChI is InChI=1S/C14H13ClN4O/c1-9-18-13(19-20-9)8-16-7-10-4-5-12(15)11-3-2-6-17-14(10)11/h2-6,16H,7-8H2,1H3. The Morgan fingerprint density at radius 3 is 2.95 bits per heavy atom. The van der Waals surface area contributed by atoms with Gasteiger partial charge >= 0.3 is 0 Å². The molecule has 0 aliphatic carbocycles. The molecular formula is C14H13ClN4O. The van der Waals surface area contributed by atoms with Crippen molar-refractivity contribution in [2.45, 2.75) is 20.0 Å². The normalized spacial score (nSPS) is 11.1. The number of fused-ring (bicyclic) bond motifs is 1. The fraction of sp³-hybridized carbons (Fsp3) is 0.214. The van der Waals surface area contributed by atoms with Crippen LogP contribution in [-0.4, -0.2) is 15.1 Å². The highest BCUT2D eigenvalue weighted by atomic mass is 35.5. The molecule has 1 N–H and O–H groups in total. The third-order valence-electron chi connectivity index (χ3n) is 2.97. The van der Waals surface area contributed by atoms with Gasteiger partial charge in [-0.25, -0.2) is 0 Å². The second-order valence-electron chi connectivity index (χ2n) is 4.44. The van der Waals surface area contributed by atoms with Crippen molar-refractivity contribution >= 4 is 22.5 Å². The Bertz CT molecular complexity index is 741. The van der Waals surface area contributed by atoms with Gasteiger partial charge in [-0.2, -0.15) is 4.98 Å². The summed E-state index contributed by atoms with van der Waals surface area (Å²) in [5.74, 6) is 1.22. The highest BCUT2D eigenvalue weighted by Gasteiger charge is 2.06. The summed E-state index contributed by atoms with van der Waals surface area (Å²) in [7, 11) is 0. The maximum absolute atomic E-state index is 6.17. The first-order valence-electron chi connectivity index (χ1n) is 6.26. The van der Waals surface area contributed by atoms with Crippen LogP contribution >= 0.6 is 11.6 Å². The largest absolute Gasteiger partial charge is 0.340 e. The lowest BCUT2D eigenvalue weighted by molar-refractivity contribution is 0.385. The van der Waals surface area contributed by atoms with Crippen molar-refractivity contribution in [2.75, 3.05) is 0 Å². The van der Waals surface area contributed by atoms with Crippen LogP contribution < -0.4 is 5.32 Å². The summed E-state index contributed by atoms with van der Waals surface area (Å²) in [6.45, 7) is 2.99. The maximum atomic E-state index is 6.17. The lowest BCUT2D eigenvalue weighted by Gasteiger charge is -2.07. The predicted molar refractivity (Wildman–Crippen MR) is 76.3 cm³/mol. The van der Waals surface area contributed by atoms with Gasteiger partial charge < -0.3 is 9.84 Å². The van der Waals surface area contributed by atoms with E-state index in [1.807, 2.05) is 24.3 Å². The van der Waals surface area contributed by atoms with Gasteiger partial charge in [0.2, 0.25) is 5.89 Å². The zero-order valence-corrected chi connectivity index (χ0v) is 11.7. The molecule has 0 amide bonds. The zero-order chi connectivity index (χ0) is 13.9. The molecule has 0 aliphatic rings. The molecule has 3 rings (SSSR count). The van der Waals surface area contributed by atoms with Crippen molar-refractivity contribution in [3.63, 3.8) is 0 Å². The summed E-state index contributed by atoms with van der Waals surface area (Å²) >= 11 is 6.17. The van der Waals surface area contributed by atoms with E-state index in [1.54, 1.807) is 13.1 Å². The van der Waals surface area contributed by atoms with E-state index in [0.717, 1.165) is 16.5 Å². The number of nitrogens with one attached hydrogen (secondary N) is 1. The number of hydrogen-bond donors (Lipinski definition) is 1. The Morgan fingerprint density at radius 2 is 2.15 bits per heavy atom. The molecule has 0 radical (unpaired) electrons. The minimum absolute atomic E-state index is 0.550. The molecule has 0 fully saturated rings. The molecule has 2 heterocycles. The number of benzene rings is 1. The lowest BCUT2D eigenvalue weighted by Crippen LogP contribution is -2.14. The molecule has 3 aromatic rings. The van der Waals surface area contributed by atoms with Gasteiger partial charge in [0.25, 0.3) is 0 Å². The van der Waals surface area contributed by atoms with Gasteiger partial charge in [0.05, 0.1) is 12.1 Å². The highest BCUT2D eigenvalue weighted by molar-refractivity contribution is 6.35. The van der Waals surface area contributed by atoms with Crippen LogP contribution in [0.1, 0.15) is 17.3 Å². The molecule has 102 valence electrons. The van der Waals surface area contributed by atoms with Crippen molar-refractivity contribution in [1.82, 2.24) is 20.4 Å². The van der Waals surface area contributed by atoms with Crippen LogP contribution in [0.5, 0.6) is 0 Å². The number of pyridine rings is 1. The molecular weight excluding hydrogens is 276 g/mol. The van der Waals surface area contributed by atoms with Crippen LogP contribution in [0, 0.1) is 6.92 Å². The first-order chi connectivity index (χ1) is 9.74. The van der Waals surface area contributed by atoms with Crippen molar-refractivity contribution in [1.29, 1.82) is 0 Å². The predicted octanol–water partition coefficient (Wildman–Crippen LogP) is 2.87. The van der Waals surface area contributed by atoms with Crippen LogP contribution in [0.2, 0.25) is 5.02 Å². The van der Waals surface area contributed by atoms with Crippen LogP contribution in [0.3, 0.4) is 0 Å². The van der Waals surface area contributed by atoms with Gasteiger partial charge in [-0.3, -0.25) is 4.98 Å². The summed E-state index contributed by atoms with van der Waals surface area (Å²) in [6, 6.07) is 7.72. The molecule has 0 atom stereocenters. The lowest BCUT2D eigenvalue weighted by atomic mass is 10.1. The SMILES string of the molecule is Cc1nc(CNCc2ccc(Cl)c3cccnc23)no1. The Morgan fingerprint density at radius 1 is 1.25 bits per heavy atom. The number of nitrogens with zero attached hydrogens (tertiary/aromatic N) is 3. The quantitative estimate of drug-likeness (QED) is 0.800. The third-order valence-corrected chi connectivity index (χ3v) is 3.30. The van der Waals surface area contributed by atoms with Crippen LogP contribution in [-0.2, 0) is 13.1 Å². The van der Waals surface area contributed by atoms with Gasteiger partial charge in [0, 0.05) is 30.1 Å². The van der Waals surface area contributed by atoms with Crippen molar-refractivity contribution in [3.05, 3.63) is 52.8 Å². The molecule has 20 heavy (non-hydrogen) atoms. The number of halogens is 1. The van der Waals surface area contributed by atoms with E-state index >= 15 is 0 Å². The summed E-state index contributed by atoms with van der Waals surface area (Å²) in [4.78, 5) is 8.54. The average molecular weight is 289 g/mol. The molecule has 0 aliphatic heterocycles. The molecule has 0 saturated carbocycles. The Hall–Kier alpha value is -1.98. The molecule has 2 aromatic heterocycles. The van der Waals surface area contributed by atoms with E-state index in [1.165, 1.54) is 0 Å². The van der Waals surface area contributed by atoms with Gasteiger partial charge in [0.15, 0.2) is 5.82 Å². The molecule has 0 saturated heterocycles. The Kier molecular flexibility index (Phi) is 3.62. The molecule has 1 aromatic carbocycles. The molecule has 5 nitrogen and oxygen atoms in total. The number of rotatable bonds is 4. The Balaban J connectivity index is 1.76. The van der Waals surface area contributed by atoms with Crippen molar-refractivity contribution in [2.24, 2.45) is 0 Å². The van der Waals surface area contributed by atoms with Gasteiger partial charge in [-0.05, 0) is 23.8 Å². The van der Waals surface area contributed by atoms with Gasteiger partial charge in [-0.15, -0.1) is 0 Å². The minimum atomic E-state index is 0.550. The van der Waals surface area contributed by atoms with E-state index in [0.29, 0.717) is 29.8 Å². The number of hydrogen-bond acceptors (Lipinski definition) is 5. The summed E-state index contributed by atoms with van der Waals surface area (Å²) < 4.78 is 4.92. The first-order valence-corrected chi connectivity index (χ1v) is 6.64. The average Bonchev–Trinajstić information content (AvgIpc) is 2.87. The third kappa shape index (κ3) is 2.64. The molecule has 0 unspecified atom stereocenters. The monoisotopic (exact) mass is 288 g/mol. The fourth-order valence-electron chi connectivity index (χ4n) is 2.06. The Labute approximate surface area is 121 Å². The highest BCUT2D eigenvalue weighted by Crippen LogP contribution is 2.24. The second-order valence-corrected chi connectivity index (χ2v) is 4.85. The van der Waals surface area contributed by atoms with E-state index in [4.69, 9.17) is 16.1 Å². The van der Waals surface area contributed by atoms with Crippen LogP contribution in [0.15, 0.2) is 35.0 Å². The van der Waals surface area contributed by atoms with Gasteiger partial charge in [0.1, 0.15) is 0 Å². The number of aromatic nitrogens is 3. The van der Waals surface area contributed by atoms with Gasteiger partial charge in [-0.1, -0.05) is 22.8 Å². The second kappa shape index (κ2) is 5.56. The van der Waals surface area contributed by atoms with E-state index in [-0.39, 0.29) is 0 Å². The smallest absolute Gasteiger partial charge is 0.223 e. The maximum Gasteiger partial charge on any atom is 0.223 e. The fourth-order valence-corrected chi connectivity index (χ4v) is 2.28. The topological polar surface area (TPSA) is 63.8 Å². The molecule has 6 heteroatoms. The van der Waals surface area contributed by atoms with Crippen molar-refractivity contribution in [3.8, 4) is 0 Å². The van der Waals surface area contributed by atoms with E-state index < -0.39 is 0 Å².